The van der Waals surface area contributed by atoms with E-state index in [1.807, 2.05) is 6.92 Å². The molecule has 1 fully saturated rings. The van der Waals surface area contributed by atoms with Crippen LogP contribution in [0.25, 0.3) is 0 Å². The molecule has 1 aliphatic rings. The molecular formula is C8H11BrO. The van der Waals surface area contributed by atoms with E-state index >= 15 is 0 Å². The Morgan fingerprint density at radius 1 is 1.70 bits per heavy atom. The third-order valence-corrected chi connectivity index (χ3v) is 2.53. The Hall–Kier alpha value is -0.110. The SMILES string of the molecule is CC1CCCC(=CBr)C1=O. The van der Waals surface area contributed by atoms with Crippen LogP contribution in [0.15, 0.2) is 10.6 Å². The van der Waals surface area contributed by atoms with Gasteiger partial charge in [-0.05, 0) is 24.2 Å². The van der Waals surface area contributed by atoms with Crippen molar-refractivity contribution in [3.63, 3.8) is 0 Å². The van der Waals surface area contributed by atoms with Gasteiger partial charge in [-0.1, -0.05) is 22.9 Å². The molecule has 0 saturated heterocycles. The zero-order chi connectivity index (χ0) is 7.56. The molecule has 0 aromatic rings. The van der Waals surface area contributed by atoms with Crippen LogP contribution in [0.1, 0.15) is 26.2 Å². The molecular weight excluding hydrogens is 192 g/mol. The average molecular weight is 203 g/mol. The Bertz CT molecular complexity index is 172. The van der Waals surface area contributed by atoms with Crippen molar-refractivity contribution in [3.8, 4) is 0 Å². The van der Waals surface area contributed by atoms with Crippen molar-refractivity contribution >= 4 is 21.7 Å². The summed E-state index contributed by atoms with van der Waals surface area (Å²) in [4.78, 5) is 13.0. The summed E-state index contributed by atoms with van der Waals surface area (Å²) in [5, 5.41) is 0. The molecule has 1 saturated carbocycles. The second kappa shape index (κ2) is 3.33. The van der Waals surface area contributed by atoms with Gasteiger partial charge in [0.1, 0.15) is 0 Å². The lowest BCUT2D eigenvalue weighted by molar-refractivity contribution is -0.119. The van der Waals surface area contributed by atoms with Gasteiger partial charge in [-0.3, -0.25) is 4.79 Å². The number of allylic oxidation sites excluding steroid dienone is 1. The lowest BCUT2D eigenvalue weighted by Crippen LogP contribution is -2.18. The molecule has 1 aliphatic carbocycles. The van der Waals surface area contributed by atoms with Gasteiger partial charge in [-0.25, -0.2) is 0 Å². The van der Waals surface area contributed by atoms with Crippen LogP contribution < -0.4 is 0 Å². The number of halogens is 1. The highest BCUT2D eigenvalue weighted by molar-refractivity contribution is 9.11. The van der Waals surface area contributed by atoms with E-state index in [0.29, 0.717) is 5.78 Å². The summed E-state index contributed by atoms with van der Waals surface area (Å²) in [5.74, 6) is 0.570. The highest BCUT2D eigenvalue weighted by Gasteiger charge is 2.21. The molecule has 0 N–H and O–H groups in total. The normalized spacial score (nSPS) is 31.2. The summed E-state index contributed by atoms with van der Waals surface area (Å²) < 4.78 is 0. The third-order valence-electron chi connectivity index (χ3n) is 1.98. The zero-order valence-corrected chi connectivity index (χ0v) is 7.65. The third kappa shape index (κ3) is 1.48. The lowest BCUT2D eigenvalue weighted by atomic mass is 9.86. The number of carbonyl (C=O) groups excluding carboxylic acids is 1. The van der Waals surface area contributed by atoms with Gasteiger partial charge in [-0.15, -0.1) is 0 Å². The van der Waals surface area contributed by atoms with Crippen molar-refractivity contribution in [3.05, 3.63) is 10.6 Å². The van der Waals surface area contributed by atoms with Crippen LogP contribution in [0.2, 0.25) is 0 Å². The lowest BCUT2D eigenvalue weighted by Gasteiger charge is -2.17. The molecule has 0 amide bonds. The molecule has 0 aliphatic heterocycles. The topological polar surface area (TPSA) is 17.1 Å². The minimum absolute atomic E-state index is 0.248. The van der Waals surface area contributed by atoms with E-state index in [9.17, 15) is 4.79 Å². The first-order valence-corrected chi connectivity index (χ1v) is 4.50. The first-order valence-electron chi connectivity index (χ1n) is 3.59. The molecule has 10 heavy (non-hydrogen) atoms. The standard InChI is InChI=1S/C8H11BrO/c1-6-3-2-4-7(5-9)8(6)10/h5-6H,2-4H2,1H3. The fraction of sp³-hybridized carbons (Fsp3) is 0.625. The maximum absolute atomic E-state index is 11.3. The van der Waals surface area contributed by atoms with Crippen molar-refractivity contribution in [2.75, 3.05) is 0 Å². The smallest absolute Gasteiger partial charge is 0.162 e. The Morgan fingerprint density at radius 3 is 2.90 bits per heavy atom. The van der Waals surface area contributed by atoms with Gasteiger partial charge in [-0.2, -0.15) is 0 Å². The highest BCUT2D eigenvalue weighted by Crippen LogP contribution is 2.25. The Kier molecular flexibility index (Phi) is 2.66. The fourth-order valence-electron chi connectivity index (χ4n) is 1.28. The molecule has 0 bridgehead atoms. The molecule has 0 spiro atoms. The van der Waals surface area contributed by atoms with Crippen LogP contribution in [0.4, 0.5) is 0 Å². The van der Waals surface area contributed by atoms with Crippen LogP contribution in [0.3, 0.4) is 0 Å². The van der Waals surface area contributed by atoms with Gasteiger partial charge in [0.2, 0.25) is 0 Å². The first-order chi connectivity index (χ1) is 4.75. The summed E-state index contributed by atoms with van der Waals surface area (Å²) in [5.41, 5.74) is 0.957. The van der Waals surface area contributed by atoms with Crippen molar-refractivity contribution < 1.29 is 4.79 Å². The maximum atomic E-state index is 11.3. The van der Waals surface area contributed by atoms with E-state index in [1.54, 1.807) is 4.99 Å². The van der Waals surface area contributed by atoms with E-state index in [4.69, 9.17) is 0 Å². The second-order valence-corrected chi connectivity index (χ2v) is 3.25. The fourth-order valence-corrected chi connectivity index (χ4v) is 1.73. The van der Waals surface area contributed by atoms with Crippen LogP contribution in [-0.4, -0.2) is 5.78 Å². The van der Waals surface area contributed by atoms with Crippen LogP contribution in [0, 0.1) is 5.92 Å². The number of Topliss-reactive ketones (excluding diaryl/α,β-unsaturated/α-hetero) is 1. The van der Waals surface area contributed by atoms with Gasteiger partial charge in [0.25, 0.3) is 0 Å². The quantitative estimate of drug-likeness (QED) is 0.553. The van der Waals surface area contributed by atoms with Crippen LogP contribution in [0.5, 0.6) is 0 Å². The minimum atomic E-state index is 0.248. The number of hydrogen-bond donors (Lipinski definition) is 0. The monoisotopic (exact) mass is 202 g/mol. The summed E-state index contributed by atoms with van der Waals surface area (Å²) in [7, 11) is 0. The second-order valence-electron chi connectivity index (χ2n) is 2.79. The minimum Gasteiger partial charge on any atom is -0.294 e. The van der Waals surface area contributed by atoms with Crippen LogP contribution in [-0.2, 0) is 4.79 Å². The summed E-state index contributed by atoms with van der Waals surface area (Å²) >= 11 is 3.20. The summed E-state index contributed by atoms with van der Waals surface area (Å²) in [6.45, 7) is 2.00. The zero-order valence-electron chi connectivity index (χ0n) is 6.06. The average Bonchev–Trinajstić information content (AvgIpc) is 1.95. The molecule has 0 aromatic heterocycles. The first kappa shape index (κ1) is 7.99. The molecule has 1 atom stereocenters. The molecule has 0 heterocycles. The van der Waals surface area contributed by atoms with Gasteiger partial charge in [0.15, 0.2) is 5.78 Å². The maximum Gasteiger partial charge on any atom is 0.162 e. The molecule has 2 heteroatoms. The van der Waals surface area contributed by atoms with E-state index in [-0.39, 0.29) is 5.92 Å². The van der Waals surface area contributed by atoms with Crippen molar-refractivity contribution in [1.29, 1.82) is 0 Å². The summed E-state index contributed by atoms with van der Waals surface area (Å²) in [6.07, 6.45) is 3.17. The van der Waals surface area contributed by atoms with E-state index in [2.05, 4.69) is 15.9 Å². The van der Waals surface area contributed by atoms with Gasteiger partial charge in [0, 0.05) is 11.5 Å². The van der Waals surface area contributed by atoms with E-state index in [0.717, 1.165) is 24.8 Å². The molecule has 1 rings (SSSR count). The predicted molar refractivity (Wildman–Crippen MR) is 45.0 cm³/mol. The highest BCUT2D eigenvalue weighted by atomic mass is 79.9. The van der Waals surface area contributed by atoms with E-state index in [1.165, 1.54) is 0 Å². The largest absolute Gasteiger partial charge is 0.294 e. The van der Waals surface area contributed by atoms with Gasteiger partial charge < -0.3 is 0 Å². The molecule has 1 unspecified atom stereocenters. The van der Waals surface area contributed by atoms with Gasteiger partial charge in [0.05, 0.1) is 0 Å². The molecule has 1 nitrogen and oxygen atoms in total. The van der Waals surface area contributed by atoms with Crippen molar-refractivity contribution in [1.82, 2.24) is 0 Å². The predicted octanol–water partition coefficient (Wildman–Crippen LogP) is 2.65. The number of rotatable bonds is 0. The Morgan fingerprint density at radius 2 is 2.40 bits per heavy atom. The van der Waals surface area contributed by atoms with Gasteiger partial charge >= 0.3 is 0 Å². The number of ketones is 1. The van der Waals surface area contributed by atoms with Crippen molar-refractivity contribution in [2.24, 2.45) is 5.92 Å². The Labute approximate surface area is 69.6 Å². The van der Waals surface area contributed by atoms with Crippen molar-refractivity contribution in [2.45, 2.75) is 26.2 Å². The Balaban J connectivity index is 2.69. The van der Waals surface area contributed by atoms with Crippen LogP contribution >= 0.6 is 15.9 Å². The number of hydrogen-bond acceptors (Lipinski definition) is 1. The summed E-state index contributed by atoms with van der Waals surface area (Å²) in [6, 6.07) is 0. The molecule has 0 aromatic carbocycles. The molecule has 0 radical (unpaired) electrons. The molecule has 56 valence electrons. The van der Waals surface area contributed by atoms with E-state index < -0.39 is 0 Å². The number of carbonyl (C=O) groups is 1.